The number of carbonyl (C=O) groups is 4. The summed E-state index contributed by atoms with van der Waals surface area (Å²) in [4.78, 5) is 42.3. The number of aromatic carboxylic acids is 2. The molecule has 2 aromatic rings. The van der Waals surface area contributed by atoms with E-state index in [-0.39, 0.29) is 19.3 Å². The summed E-state index contributed by atoms with van der Waals surface area (Å²) < 4.78 is 99.0. The maximum absolute atomic E-state index is 13.1. The number of amides is 2. The largest absolute Gasteiger partial charge is 0.478 e. The Bertz CT molecular complexity index is 1660. The van der Waals surface area contributed by atoms with Crippen LogP contribution < -0.4 is 16.2 Å². The van der Waals surface area contributed by atoms with Crippen molar-refractivity contribution < 1.29 is 84.5 Å². The first-order chi connectivity index (χ1) is 23.2. The van der Waals surface area contributed by atoms with Crippen LogP contribution in [0.3, 0.4) is 0 Å². The van der Waals surface area contributed by atoms with Gasteiger partial charge < -0.3 is 50.8 Å². The van der Waals surface area contributed by atoms with Crippen LogP contribution in [0.15, 0.2) is 41.3 Å². The van der Waals surface area contributed by atoms with Crippen molar-refractivity contribution in [2.24, 2.45) is 11.5 Å². The van der Waals surface area contributed by atoms with E-state index in [2.05, 4.69) is 0 Å². The Morgan fingerprint density at radius 1 is 0.824 bits per heavy atom. The molecule has 2 saturated heterocycles. The fourth-order valence-corrected chi connectivity index (χ4v) is 5.30. The molecule has 0 saturated carbocycles. The first kappa shape index (κ1) is 42.7. The van der Waals surface area contributed by atoms with Gasteiger partial charge in [-0.15, -0.1) is 0 Å². The number of aliphatic hydroxyl groups excluding tert-OH is 2. The number of sulfonamides is 1. The molecule has 2 amide bonds. The number of hydrogen-bond acceptors (Lipinski definition) is 12. The molecule has 0 aromatic heterocycles. The van der Waals surface area contributed by atoms with Gasteiger partial charge in [0.15, 0.2) is 23.8 Å². The second kappa shape index (κ2) is 16.3. The second-order valence-electron chi connectivity index (χ2n) is 11.6. The van der Waals surface area contributed by atoms with Gasteiger partial charge in [0.25, 0.3) is 10.0 Å². The molecular formula is C29H35F4N3O14S. The summed E-state index contributed by atoms with van der Waals surface area (Å²) in [5, 5.41) is 36.3. The number of carboxylic acid groups (broad SMARTS) is 2. The van der Waals surface area contributed by atoms with Gasteiger partial charge in [0.05, 0.1) is 40.5 Å². The Morgan fingerprint density at radius 2 is 1.24 bits per heavy atom. The minimum atomic E-state index is -5.09. The number of nitrogens with two attached hydrogens (primary N) is 2. The van der Waals surface area contributed by atoms with E-state index in [0.29, 0.717) is 30.3 Å². The molecule has 2 aromatic carbocycles. The van der Waals surface area contributed by atoms with Gasteiger partial charge in [-0.1, -0.05) is 0 Å². The molecule has 4 atom stereocenters. The molecule has 2 heterocycles. The van der Waals surface area contributed by atoms with Gasteiger partial charge in [-0.2, -0.15) is 13.2 Å². The van der Waals surface area contributed by atoms with Gasteiger partial charge in [0.1, 0.15) is 18.0 Å². The quantitative estimate of drug-likeness (QED) is 0.176. The van der Waals surface area contributed by atoms with Crippen molar-refractivity contribution in [3.05, 3.63) is 58.9 Å². The van der Waals surface area contributed by atoms with Crippen molar-refractivity contribution in [1.82, 2.24) is 0 Å². The highest BCUT2D eigenvalue weighted by Gasteiger charge is 2.40. The minimum absolute atomic E-state index is 0.0776. The lowest BCUT2D eigenvalue weighted by Gasteiger charge is -2.18. The number of carbonyl (C=O) groups excluding carboxylic acids is 2. The first-order valence-corrected chi connectivity index (χ1v) is 15.7. The summed E-state index contributed by atoms with van der Waals surface area (Å²) in [7, 11) is -4.82. The van der Waals surface area contributed by atoms with Crippen molar-refractivity contribution in [2.75, 3.05) is 17.9 Å². The highest BCUT2D eigenvalue weighted by atomic mass is 32.2. The average Bonchev–Trinajstić information content (AvgIpc) is 3.57. The summed E-state index contributed by atoms with van der Waals surface area (Å²) in [5.74, 6) is -7.60. The number of benzene rings is 2. The minimum Gasteiger partial charge on any atom is -0.478 e. The molecule has 4 rings (SSSR count). The Kier molecular flexibility index (Phi) is 13.6. The number of hydrogen-bond donors (Lipinski definition) is 7. The van der Waals surface area contributed by atoms with Crippen molar-refractivity contribution >= 4 is 39.5 Å². The van der Waals surface area contributed by atoms with E-state index >= 15 is 0 Å². The van der Waals surface area contributed by atoms with Crippen LogP contribution >= 0.6 is 0 Å². The Hall–Kier alpha value is -4.45. The lowest BCUT2D eigenvalue weighted by atomic mass is 10.1. The predicted octanol–water partition coefficient (Wildman–Crippen LogP) is 1.01. The summed E-state index contributed by atoms with van der Waals surface area (Å²) in [6, 6.07) is 3.04. The summed E-state index contributed by atoms with van der Waals surface area (Å²) in [6.45, 7) is 7.22. The highest BCUT2D eigenvalue weighted by molar-refractivity contribution is 7.92. The molecule has 51 heavy (non-hydrogen) atoms. The SMILES string of the molecule is CC1(C)OCC(C(O)C(N)=O)O1.CC1(C)OCC(C(O)C(N)=O)O1.O=C(O)c1cc(C(=O)O)cc(S(=O)(=O)Nc2ccc(F)cc2C(F)(F)F)c1. The van der Waals surface area contributed by atoms with Crippen LogP contribution in [0, 0.1) is 5.82 Å². The maximum Gasteiger partial charge on any atom is 0.418 e. The van der Waals surface area contributed by atoms with Crippen LogP contribution in [0.1, 0.15) is 54.0 Å². The molecule has 0 spiro atoms. The number of primary amides is 2. The fraction of sp³-hybridized carbons (Fsp3) is 0.448. The van der Waals surface area contributed by atoms with E-state index in [1.165, 1.54) is 0 Å². The molecule has 0 radical (unpaired) electrons. The molecule has 0 aliphatic carbocycles. The number of anilines is 1. The van der Waals surface area contributed by atoms with Crippen LogP contribution in [0.5, 0.6) is 0 Å². The number of ether oxygens (including phenoxy) is 4. The average molecular weight is 758 g/mol. The number of alkyl halides is 3. The molecule has 22 heteroatoms. The number of aliphatic hydroxyl groups is 2. The molecule has 0 bridgehead atoms. The summed E-state index contributed by atoms with van der Waals surface area (Å²) >= 11 is 0. The van der Waals surface area contributed by atoms with Crippen molar-refractivity contribution in [2.45, 2.75) is 74.8 Å². The van der Waals surface area contributed by atoms with Crippen molar-refractivity contribution in [3.8, 4) is 0 Å². The molecule has 2 aliphatic heterocycles. The third-order valence-corrected chi connectivity index (χ3v) is 7.94. The molecule has 9 N–H and O–H groups in total. The normalized spacial score (nSPS) is 20.4. The zero-order valence-corrected chi connectivity index (χ0v) is 28.0. The van der Waals surface area contributed by atoms with Crippen molar-refractivity contribution in [1.29, 1.82) is 0 Å². The van der Waals surface area contributed by atoms with Gasteiger partial charge in [-0.3, -0.25) is 14.3 Å². The number of carboxylic acids is 2. The lowest BCUT2D eigenvalue weighted by molar-refractivity contribution is -0.158. The highest BCUT2D eigenvalue weighted by Crippen LogP contribution is 2.36. The second-order valence-corrected chi connectivity index (χ2v) is 13.3. The van der Waals surface area contributed by atoms with E-state index in [4.69, 9.17) is 40.6 Å². The third kappa shape index (κ3) is 12.4. The molecule has 17 nitrogen and oxygen atoms in total. The van der Waals surface area contributed by atoms with Crippen LogP contribution in [-0.2, 0) is 44.7 Å². The molecule has 2 fully saturated rings. The Morgan fingerprint density at radius 3 is 1.55 bits per heavy atom. The fourth-order valence-electron chi connectivity index (χ4n) is 4.15. The van der Waals surface area contributed by atoms with E-state index in [0.717, 1.165) is 0 Å². The summed E-state index contributed by atoms with van der Waals surface area (Å²) in [5.41, 5.74) is 5.73. The number of nitrogens with one attached hydrogen (secondary N) is 1. The van der Waals surface area contributed by atoms with Crippen LogP contribution in [-0.4, -0.2) is 102 Å². The topological polar surface area (TPSA) is 284 Å². The zero-order valence-electron chi connectivity index (χ0n) is 27.1. The van der Waals surface area contributed by atoms with E-state index in [1.54, 1.807) is 32.4 Å². The number of rotatable bonds is 9. The van der Waals surface area contributed by atoms with E-state index < -0.39 is 109 Å². The maximum atomic E-state index is 13.1. The zero-order chi connectivity index (χ0) is 39.3. The van der Waals surface area contributed by atoms with Gasteiger partial charge in [-0.25, -0.2) is 22.4 Å². The Balaban J connectivity index is 0.000000309. The monoisotopic (exact) mass is 757 g/mol. The van der Waals surface area contributed by atoms with Crippen LogP contribution in [0.25, 0.3) is 0 Å². The molecule has 2 aliphatic rings. The van der Waals surface area contributed by atoms with Crippen LogP contribution in [0.2, 0.25) is 0 Å². The molecule has 284 valence electrons. The molecule has 4 unspecified atom stereocenters. The molecular weight excluding hydrogens is 722 g/mol. The standard InChI is InChI=1S/C15H9F4NO6S.2C7H13NO4/c16-9-1-2-12(11(6-9)15(17,18)19)20-27(25,26)10-4-7(13(21)22)3-8(5-10)14(23)24;2*1-7(2)11-3-4(12-7)5(9)6(8)10/h1-6,20H,(H,21,22)(H,23,24);2*4-5,9H,3H2,1-2H3,(H2,8,10). The predicted molar refractivity (Wildman–Crippen MR) is 163 cm³/mol. The Labute approximate surface area is 287 Å². The van der Waals surface area contributed by atoms with Gasteiger partial charge >= 0.3 is 18.1 Å². The summed E-state index contributed by atoms with van der Waals surface area (Å²) in [6.07, 6.45) is -8.94. The van der Waals surface area contributed by atoms with E-state index in [1.807, 2.05) is 0 Å². The van der Waals surface area contributed by atoms with E-state index in [9.17, 15) is 55.4 Å². The van der Waals surface area contributed by atoms with Gasteiger partial charge in [0.2, 0.25) is 11.8 Å². The number of halogens is 4. The van der Waals surface area contributed by atoms with Gasteiger partial charge in [-0.05, 0) is 64.1 Å². The smallest absolute Gasteiger partial charge is 0.418 e. The third-order valence-electron chi connectivity index (χ3n) is 6.59. The van der Waals surface area contributed by atoms with Crippen LogP contribution in [0.4, 0.5) is 23.2 Å². The first-order valence-electron chi connectivity index (χ1n) is 14.3. The van der Waals surface area contributed by atoms with Gasteiger partial charge in [0, 0.05) is 0 Å². The lowest BCUT2D eigenvalue weighted by Crippen LogP contribution is -2.40. The van der Waals surface area contributed by atoms with Crippen molar-refractivity contribution in [3.63, 3.8) is 0 Å².